The summed E-state index contributed by atoms with van der Waals surface area (Å²) in [7, 11) is 0. The third-order valence-corrected chi connectivity index (χ3v) is 3.83. The number of ether oxygens (including phenoxy) is 1. The van der Waals surface area contributed by atoms with Gasteiger partial charge in [-0.2, -0.15) is 0 Å². The van der Waals surface area contributed by atoms with E-state index in [-0.39, 0.29) is 18.4 Å². The highest BCUT2D eigenvalue weighted by Gasteiger charge is 2.28. The van der Waals surface area contributed by atoms with Crippen LogP contribution in [0.4, 0.5) is 10.5 Å². The van der Waals surface area contributed by atoms with Gasteiger partial charge in [-0.25, -0.2) is 4.79 Å². The molecule has 1 unspecified atom stereocenters. The predicted molar refractivity (Wildman–Crippen MR) is 84.2 cm³/mol. The van der Waals surface area contributed by atoms with Crippen LogP contribution in [0.3, 0.4) is 0 Å². The molecule has 1 aliphatic heterocycles. The first kappa shape index (κ1) is 15.8. The van der Waals surface area contributed by atoms with Crippen LogP contribution in [0.5, 0.6) is 0 Å². The minimum atomic E-state index is -0.547. The first-order chi connectivity index (χ1) is 9.76. The van der Waals surface area contributed by atoms with Gasteiger partial charge in [-0.1, -0.05) is 22.0 Å². The lowest BCUT2D eigenvalue weighted by molar-refractivity contribution is -0.120. The third-order valence-electron chi connectivity index (χ3n) is 3.09. The molecule has 2 N–H and O–H groups in total. The second kappa shape index (κ2) is 6.05. The lowest BCUT2D eigenvalue weighted by Crippen LogP contribution is -2.41. The molecule has 1 aliphatic rings. The van der Waals surface area contributed by atoms with Crippen molar-refractivity contribution in [2.45, 2.75) is 32.8 Å². The predicted octanol–water partition coefficient (Wildman–Crippen LogP) is 3.08. The van der Waals surface area contributed by atoms with Crippen molar-refractivity contribution in [1.82, 2.24) is 5.32 Å². The van der Waals surface area contributed by atoms with Crippen molar-refractivity contribution < 1.29 is 14.3 Å². The van der Waals surface area contributed by atoms with Gasteiger partial charge in [0.25, 0.3) is 0 Å². The number of carbonyl (C=O) groups is 2. The van der Waals surface area contributed by atoms with Gasteiger partial charge in [-0.05, 0) is 44.9 Å². The van der Waals surface area contributed by atoms with Gasteiger partial charge in [-0.3, -0.25) is 4.79 Å². The van der Waals surface area contributed by atoms with E-state index in [0.717, 1.165) is 15.7 Å². The van der Waals surface area contributed by atoms with Gasteiger partial charge in [0.15, 0.2) is 0 Å². The van der Waals surface area contributed by atoms with E-state index < -0.39 is 11.7 Å². The summed E-state index contributed by atoms with van der Waals surface area (Å²) in [4.78, 5) is 23.7. The largest absolute Gasteiger partial charge is 0.444 e. The van der Waals surface area contributed by atoms with Gasteiger partial charge >= 0.3 is 6.09 Å². The normalized spacial score (nSPS) is 17.7. The molecule has 2 amide bonds. The van der Waals surface area contributed by atoms with Crippen LogP contribution in [0.2, 0.25) is 0 Å². The van der Waals surface area contributed by atoms with Crippen molar-refractivity contribution in [3.63, 3.8) is 0 Å². The molecule has 1 aromatic carbocycles. The van der Waals surface area contributed by atoms with E-state index in [1.807, 2.05) is 18.2 Å². The molecule has 0 aliphatic carbocycles. The number of halogens is 1. The Morgan fingerprint density at radius 1 is 1.48 bits per heavy atom. The molecule has 2 rings (SSSR count). The highest BCUT2D eigenvalue weighted by molar-refractivity contribution is 9.10. The van der Waals surface area contributed by atoms with Crippen LogP contribution >= 0.6 is 15.9 Å². The van der Waals surface area contributed by atoms with Crippen molar-refractivity contribution in [3.05, 3.63) is 28.2 Å². The number of hydrogen-bond acceptors (Lipinski definition) is 3. The van der Waals surface area contributed by atoms with E-state index in [9.17, 15) is 9.59 Å². The molecule has 0 aromatic heterocycles. The second-order valence-corrected chi connectivity index (χ2v) is 6.89. The van der Waals surface area contributed by atoms with Crippen LogP contribution in [-0.4, -0.2) is 24.1 Å². The Bertz CT molecular complexity index is 567. The van der Waals surface area contributed by atoms with Gasteiger partial charge in [0.2, 0.25) is 5.91 Å². The summed E-state index contributed by atoms with van der Waals surface area (Å²) in [5, 5.41) is 5.51. The zero-order valence-corrected chi connectivity index (χ0v) is 13.9. The zero-order valence-electron chi connectivity index (χ0n) is 12.3. The number of benzene rings is 1. The summed E-state index contributed by atoms with van der Waals surface area (Å²) in [6, 6.07) is 5.69. The van der Waals surface area contributed by atoms with Crippen LogP contribution < -0.4 is 10.6 Å². The highest BCUT2D eigenvalue weighted by atomic mass is 79.9. The Balaban J connectivity index is 1.98. The molecule has 5 nitrogen and oxygen atoms in total. The van der Waals surface area contributed by atoms with E-state index in [0.29, 0.717) is 6.42 Å². The number of hydrogen-bond donors (Lipinski definition) is 2. The first-order valence-electron chi connectivity index (χ1n) is 6.81. The van der Waals surface area contributed by atoms with E-state index in [1.54, 1.807) is 20.8 Å². The maximum atomic E-state index is 12.0. The van der Waals surface area contributed by atoms with Crippen molar-refractivity contribution in [2.75, 3.05) is 11.9 Å². The molecule has 21 heavy (non-hydrogen) atoms. The average molecular weight is 355 g/mol. The lowest BCUT2D eigenvalue weighted by Gasteiger charge is -2.26. The molecule has 0 radical (unpaired) electrons. The van der Waals surface area contributed by atoms with Gasteiger partial charge in [0.1, 0.15) is 5.60 Å². The summed E-state index contributed by atoms with van der Waals surface area (Å²) in [5.74, 6) is -0.389. The minimum absolute atomic E-state index is 0.0864. The van der Waals surface area contributed by atoms with E-state index in [2.05, 4.69) is 26.6 Å². The molecule has 0 bridgehead atoms. The Morgan fingerprint density at radius 2 is 2.19 bits per heavy atom. The highest BCUT2D eigenvalue weighted by Crippen LogP contribution is 2.31. The molecule has 0 saturated heterocycles. The van der Waals surface area contributed by atoms with E-state index >= 15 is 0 Å². The third kappa shape index (κ3) is 4.20. The fraction of sp³-hybridized carbons (Fsp3) is 0.467. The molecule has 1 atom stereocenters. The first-order valence-corrected chi connectivity index (χ1v) is 7.60. The molecular weight excluding hydrogens is 336 g/mol. The molecule has 6 heteroatoms. The van der Waals surface area contributed by atoms with Gasteiger partial charge in [-0.15, -0.1) is 0 Å². The molecule has 114 valence electrons. The number of fused-ring (bicyclic) bond motifs is 1. The number of anilines is 1. The number of amides is 2. The van der Waals surface area contributed by atoms with Crippen LogP contribution in [0.1, 0.15) is 26.3 Å². The Morgan fingerprint density at radius 3 is 2.86 bits per heavy atom. The van der Waals surface area contributed by atoms with Crippen LogP contribution in [0, 0.1) is 5.92 Å². The van der Waals surface area contributed by atoms with Gasteiger partial charge in [0.05, 0.1) is 5.92 Å². The van der Waals surface area contributed by atoms with Gasteiger partial charge in [0, 0.05) is 16.7 Å². The van der Waals surface area contributed by atoms with E-state index in [1.165, 1.54) is 0 Å². The number of nitrogens with one attached hydrogen (secondary N) is 2. The molecule has 0 spiro atoms. The Labute approximate surface area is 132 Å². The fourth-order valence-corrected chi connectivity index (χ4v) is 2.67. The summed E-state index contributed by atoms with van der Waals surface area (Å²) in [6.07, 6.45) is 0.0755. The number of carbonyl (C=O) groups excluding carboxylic acids is 2. The number of alkyl carbamates (subject to hydrolysis) is 1. The minimum Gasteiger partial charge on any atom is -0.444 e. The summed E-state index contributed by atoms with van der Waals surface area (Å²) in [5.41, 5.74) is 1.32. The maximum Gasteiger partial charge on any atom is 0.407 e. The zero-order chi connectivity index (χ0) is 15.6. The molecule has 1 heterocycles. The standard InChI is InChI=1S/C15H19BrN2O3/c1-15(2,3)21-14(20)17-8-9-7-10-11(16)5-4-6-12(10)18-13(9)19/h4-6,9H,7-8H2,1-3H3,(H,17,20)(H,18,19). The number of rotatable bonds is 2. The Hall–Kier alpha value is -1.56. The summed E-state index contributed by atoms with van der Waals surface area (Å²) < 4.78 is 6.13. The lowest BCUT2D eigenvalue weighted by atomic mass is 9.93. The maximum absolute atomic E-state index is 12.0. The van der Waals surface area contributed by atoms with Crippen molar-refractivity contribution in [3.8, 4) is 0 Å². The summed E-state index contributed by atoms with van der Waals surface area (Å²) >= 11 is 3.49. The average Bonchev–Trinajstić information content (AvgIpc) is 2.35. The quantitative estimate of drug-likeness (QED) is 0.857. The molecular formula is C15H19BrN2O3. The van der Waals surface area contributed by atoms with Crippen molar-refractivity contribution in [2.24, 2.45) is 5.92 Å². The molecule has 0 saturated carbocycles. The topological polar surface area (TPSA) is 67.4 Å². The van der Waals surface area contributed by atoms with Crippen molar-refractivity contribution in [1.29, 1.82) is 0 Å². The van der Waals surface area contributed by atoms with Crippen molar-refractivity contribution >= 4 is 33.6 Å². The monoisotopic (exact) mass is 354 g/mol. The van der Waals surface area contributed by atoms with Crippen LogP contribution in [-0.2, 0) is 16.0 Å². The van der Waals surface area contributed by atoms with Crippen LogP contribution in [0.15, 0.2) is 22.7 Å². The van der Waals surface area contributed by atoms with Gasteiger partial charge < -0.3 is 15.4 Å². The fourth-order valence-electron chi connectivity index (χ4n) is 2.14. The molecule has 0 fully saturated rings. The Kier molecular flexibility index (Phi) is 4.56. The smallest absolute Gasteiger partial charge is 0.407 e. The van der Waals surface area contributed by atoms with Crippen LogP contribution in [0.25, 0.3) is 0 Å². The molecule has 1 aromatic rings. The SMILES string of the molecule is CC(C)(C)OC(=O)NCC1Cc2c(Br)cccc2NC1=O. The van der Waals surface area contributed by atoms with E-state index in [4.69, 9.17) is 4.74 Å². The summed E-state index contributed by atoms with van der Waals surface area (Å²) in [6.45, 7) is 5.65. The second-order valence-electron chi connectivity index (χ2n) is 6.04.